The van der Waals surface area contributed by atoms with Gasteiger partial charge in [-0.05, 0) is 30.2 Å². The molecule has 0 aliphatic heterocycles. The van der Waals surface area contributed by atoms with Gasteiger partial charge in [0.1, 0.15) is 11.3 Å². The van der Waals surface area contributed by atoms with E-state index in [4.69, 9.17) is 5.73 Å². The fourth-order valence-electron chi connectivity index (χ4n) is 3.99. The van der Waals surface area contributed by atoms with Crippen molar-refractivity contribution in [1.82, 2.24) is 10.2 Å². The largest absolute Gasteiger partial charge is 0.397 e. The van der Waals surface area contributed by atoms with Crippen molar-refractivity contribution in [3.8, 4) is 0 Å². The number of para-hydroxylation sites is 2. The van der Waals surface area contributed by atoms with Crippen LogP contribution in [0.3, 0.4) is 0 Å². The number of nitrogen functional groups attached to an aromatic ring is 1. The van der Waals surface area contributed by atoms with Crippen molar-refractivity contribution in [1.29, 1.82) is 0 Å². The maximum atomic E-state index is 13.4. The van der Waals surface area contributed by atoms with E-state index in [1.807, 2.05) is 72.8 Å². The Bertz CT molecular complexity index is 1220. The van der Waals surface area contributed by atoms with E-state index >= 15 is 0 Å². The molecule has 1 atom stereocenters. The molecular formula is C26H26N4O2. The summed E-state index contributed by atoms with van der Waals surface area (Å²) in [7, 11) is 1.76. The molecule has 0 saturated carbocycles. The molecule has 0 spiro atoms. The molecule has 6 heteroatoms. The minimum absolute atomic E-state index is 0.0197. The van der Waals surface area contributed by atoms with Crippen molar-refractivity contribution in [2.24, 2.45) is 5.92 Å². The van der Waals surface area contributed by atoms with Gasteiger partial charge in [0.2, 0.25) is 5.91 Å². The third-order valence-corrected chi connectivity index (χ3v) is 5.69. The van der Waals surface area contributed by atoms with E-state index in [0.717, 1.165) is 22.3 Å². The SMILES string of the molecule is CN(C(=O)C(CC(=O)Cc1[nH]nc2c(N)cccc12)Cc1ccccc1)c1ccccc1. The molecule has 3 aromatic carbocycles. The average molecular weight is 427 g/mol. The van der Waals surface area contributed by atoms with Gasteiger partial charge in [-0.25, -0.2) is 0 Å². The van der Waals surface area contributed by atoms with Gasteiger partial charge in [-0.3, -0.25) is 14.7 Å². The Labute approximate surface area is 187 Å². The summed E-state index contributed by atoms with van der Waals surface area (Å²) in [6.07, 6.45) is 0.820. The molecule has 1 heterocycles. The summed E-state index contributed by atoms with van der Waals surface area (Å²) in [6, 6.07) is 24.8. The van der Waals surface area contributed by atoms with E-state index < -0.39 is 5.92 Å². The summed E-state index contributed by atoms with van der Waals surface area (Å²) < 4.78 is 0. The van der Waals surface area contributed by atoms with Crippen LogP contribution in [0.25, 0.3) is 10.9 Å². The number of fused-ring (bicyclic) bond motifs is 1. The molecule has 0 saturated heterocycles. The molecule has 32 heavy (non-hydrogen) atoms. The Balaban J connectivity index is 1.54. The van der Waals surface area contributed by atoms with Crippen LogP contribution in [-0.4, -0.2) is 28.9 Å². The van der Waals surface area contributed by atoms with Crippen molar-refractivity contribution in [2.75, 3.05) is 17.7 Å². The van der Waals surface area contributed by atoms with Crippen molar-refractivity contribution in [3.05, 3.63) is 90.1 Å². The number of nitrogens with one attached hydrogen (secondary N) is 1. The zero-order chi connectivity index (χ0) is 22.5. The molecular weight excluding hydrogens is 400 g/mol. The quantitative estimate of drug-likeness (QED) is 0.414. The lowest BCUT2D eigenvalue weighted by atomic mass is 9.91. The van der Waals surface area contributed by atoms with Crippen LogP contribution in [0, 0.1) is 5.92 Å². The number of rotatable bonds is 8. The van der Waals surface area contributed by atoms with Crippen LogP contribution in [0.2, 0.25) is 0 Å². The van der Waals surface area contributed by atoms with Crippen molar-refractivity contribution in [2.45, 2.75) is 19.3 Å². The van der Waals surface area contributed by atoms with E-state index in [2.05, 4.69) is 10.2 Å². The van der Waals surface area contributed by atoms with Crippen LogP contribution in [0.5, 0.6) is 0 Å². The van der Waals surface area contributed by atoms with Crippen LogP contribution in [0.4, 0.5) is 11.4 Å². The van der Waals surface area contributed by atoms with Crippen LogP contribution in [-0.2, 0) is 22.4 Å². The number of nitrogens with zero attached hydrogens (tertiary/aromatic N) is 2. The van der Waals surface area contributed by atoms with E-state index in [0.29, 0.717) is 17.6 Å². The number of aromatic amines is 1. The highest BCUT2D eigenvalue weighted by Crippen LogP contribution is 2.24. The minimum Gasteiger partial charge on any atom is -0.397 e. The van der Waals surface area contributed by atoms with Gasteiger partial charge < -0.3 is 10.6 Å². The number of aromatic nitrogens is 2. The fourth-order valence-corrected chi connectivity index (χ4v) is 3.99. The van der Waals surface area contributed by atoms with Gasteiger partial charge in [0.05, 0.1) is 11.4 Å². The fraction of sp³-hybridized carbons (Fsp3) is 0.192. The number of Topliss-reactive ketones (excluding diaryl/α,β-unsaturated/α-hetero) is 1. The average Bonchev–Trinajstić information content (AvgIpc) is 3.23. The van der Waals surface area contributed by atoms with Gasteiger partial charge in [-0.15, -0.1) is 0 Å². The van der Waals surface area contributed by atoms with Crippen LogP contribution in [0.15, 0.2) is 78.9 Å². The molecule has 0 aliphatic carbocycles. The first-order valence-electron chi connectivity index (χ1n) is 10.6. The van der Waals surface area contributed by atoms with Gasteiger partial charge in [0.15, 0.2) is 0 Å². The Morgan fingerprint density at radius 1 is 0.969 bits per heavy atom. The van der Waals surface area contributed by atoms with Gasteiger partial charge >= 0.3 is 0 Å². The topological polar surface area (TPSA) is 92.1 Å². The number of carbonyl (C=O) groups excluding carboxylic acids is 2. The Hall–Kier alpha value is -3.93. The van der Waals surface area contributed by atoms with E-state index in [-0.39, 0.29) is 24.5 Å². The molecule has 0 fully saturated rings. The Morgan fingerprint density at radius 3 is 2.38 bits per heavy atom. The monoisotopic (exact) mass is 426 g/mol. The molecule has 0 radical (unpaired) electrons. The lowest BCUT2D eigenvalue weighted by molar-refractivity contribution is -0.127. The van der Waals surface area contributed by atoms with Gasteiger partial charge in [0.25, 0.3) is 0 Å². The molecule has 6 nitrogen and oxygen atoms in total. The molecule has 4 aromatic rings. The normalized spacial score (nSPS) is 11.9. The number of nitrogens with two attached hydrogens (primary N) is 1. The molecule has 0 bridgehead atoms. The predicted molar refractivity (Wildman–Crippen MR) is 127 cm³/mol. The molecule has 1 aromatic heterocycles. The van der Waals surface area contributed by atoms with E-state index in [1.54, 1.807) is 18.0 Å². The summed E-state index contributed by atoms with van der Waals surface area (Å²) in [6.45, 7) is 0. The number of ketones is 1. The minimum atomic E-state index is -0.464. The van der Waals surface area contributed by atoms with Crippen LogP contribution >= 0.6 is 0 Å². The molecule has 4 rings (SSSR count). The predicted octanol–water partition coefficient (Wildman–Crippen LogP) is 4.17. The third-order valence-electron chi connectivity index (χ3n) is 5.69. The number of hydrogen-bond donors (Lipinski definition) is 2. The summed E-state index contributed by atoms with van der Waals surface area (Å²) in [4.78, 5) is 28.1. The Kier molecular flexibility index (Phi) is 6.31. The number of anilines is 2. The second-order valence-corrected chi connectivity index (χ2v) is 7.98. The summed E-state index contributed by atoms with van der Waals surface area (Å²) in [5, 5.41) is 8.02. The molecule has 162 valence electrons. The first-order valence-corrected chi connectivity index (χ1v) is 10.6. The first kappa shape index (κ1) is 21.3. The van der Waals surface area contributed by atoms with Crippen LogP contribution in [0.1, 0.15) is 17.7 Å². The summed E-state index contributed by atoms with van der Waals surface area (Å²) >= 11 is 0. The van der Waals surface area contributed by atoms with Crippen molar-refractivity contribution in [3.63, 3.8) is 0 Å². The van der Waals surface area contributed by atoms with Crippen LogP contribution < -0.4 is 10.6 Å². The molecule has 0 aliphatic rings. The maximum Gasteiger partial charge on any atom is 0.230 e. The Morgan fingerprint density at radius 2 is 1.66 bits per heavy atom. The van der Waals surface area contributed by atoms with Gasteiger partial charge in [0, 0.05) is 36.9 Å². The van der Waals surface area contributed by atoms with Gasteiger partial charge in [-0.2, -0.15) is 5.10 Å². The summed E-state index contributed by atoms with van der Waals surface area (Å²) in [5.74, 6) is -0.560. The zero-order valence-corrected chi connectivity index (χ0v) is 18.0. The number of hydrogen-bond acceptors (Lipinski definition) is 4. The smallest absolute Gasteiger partial charge is 0.230 e. The number of carbonyl (C=O) groups is 2. The summed E-state index contributed by atoms with van der Waals surface area (Å²) in [5.41, 5.74) is 9.76. The van der Waals surface area contributed by atoms with Gasteiger partial charge in [-0.1, -0.05) is 60.7 Å². The lowest BCUT2D eigenvalue weighted by Gasteiger charge is -2.24. The van der Waals surface area contributed by atoms with E-state index in [1.165, 1.54) is 0 Å². The van der Waals surface area contributed by atoms with Crippen molar-refractivity contribution < 1.29 is 9.59 Å². The molecule has 3 N–H and O–H groups in total. The maximum absolute atomic E-state index is 13.4. The first-order chi connectivity index (χ1) is 15.5. The number of amides is 1. The van der Waals surface area contributed by atoms with Crippen molar-refractivity contribution >= 4 is 34.0 Å². The van der Waals surface area contributed by atoms with E-state index in [9.17, 15) is 9.59 Å². The third kappa shape index (κ3) is 4.70. The molecule has 1 amide bonds. The highest BCUT2D eigenvalue weighted by molar-refractivity contribution is 5.98. The highest BCUT2D eigenvalue weighted by atomic mass is 16.2. The molecule has 1 unspecified atom stereocenters. The second-order valence-electron chi connectivity index (χ2n) is 7.98. The zero-order valence-electron chi connectivity index (χ0n) is 18.0. The standard InChI is InChI=1S/C26H26N4O2/c1-30(20-11-6-3-7-12-20)26(32)19(15-18-9-4-2-5-10-18)16-21(31)17-24-22-13-8-14-23(27)25(22)29-28-24/h2-14,19H,15-17,27H2,1H3,(H,28,29). The second kappa shape index (κ2) is 9.47. The number of H-pyrrole nitrogens is 1. The number of benzene rings is 3. The highest BCUT2D eigenvalue weighted by Gasteiger charge is 2.26. The lowest BCUT2D eigenvalue weighted by Crippen LogP contribution is -2.35.